The number of hydrogen-bond acceptors (Lipinski definition) is 2. The molecule has 0 aliphatic rings. The first-order chi connectivity index (χ1) is 10.0. The molecule has 0 fully saturated rings. The molecule has 0 amide bonds. The molecule has 0 saturated heterocycles. The molecule has 0 atom stereocenters. The number of non-ortho nitro benzene ring substituents is 1. The maximum Gasteiger partial charge on any atom is 0.270 e. The minimum atomic E-state index is -0.392. The zero-order valence-corrected chi connectivity index (χ0v) is 14.0. The summed E-state index contributed by atoms with van der Waals surface area (Å²) in [5, 5.41) is 11.9. The van der Waals surface area contributed by atoms with Crippen LogP contribution in [0.15, 0.2) is 57.6 Å². The fourth-order valence-corrected chi connectivity index (χ4v) is 3.14. The summed E-state index contributed by atoms with van der Waals surface area (Å²) >= 11 is 6.87. The molecule has 3 rings (SSSR count). The zero-order valence-electron chi connectivity index (χ0n) is 10.8. The number of hydrogen-bond donors (Lipinski definition) is 0. The molecule has 1 aromatic heterocycles. The van der Waals surface area contributed by atoms with Crippen LogP contribution in [0.3, 0.4) is 0 Å². The molecule has 0 aliphatic carbocycles. The van der Waals surface area contributed by atoms with E-state index in [4.69, 9.17) is 0 Å². The van der Waals surface area contributed by atoms with Crippen molar-refractivity contribution in [3.63, 3.8) is 0 Å². The lowest BCUT2D eigenvalue weighted by Gasteiger charge is -2.08. The molecule has 21 heavy (non-hydrogen) atoms. The summed E-state index contributed by atoms with van der Waals surface area (Å²) in [6.07, 6.45) is 2.02. The number of aromatic nitrogens is 1. The molecule has 0 unspecified atom stereocenters. The van der Waals surface area contributed by atoms with Crippen LogP contribution in [0.5, 0.6) is 0 Å². The molecule has 1 heterocycles. The Hall–Kier alpha value is -1.66. The van der Waals surface area contributed by atoms with Crippen molar-refractivity contribution in [3.05, 3.63) is 73.3 Å². The maximum absolute atomic E-state index is 10.8. The Morgan fingerprint density at radius 1 is 1.10 bits per heavy atom. The number of benzene rings is 2. The van der Waals surface area contributed by atoms with Gasteiger partial charge in [0.15, 0.2) is 0 Å². The first-order valence-electron chi connectivity index (χ1n) is 6.22. The lowest BCUT2D eigenvalue weighted by atomic mass is 10.2. The number of halogens is 2. The SMILES string of the molecule is O=[N+]([O-])c1ccc(Cn2ccc3cc(Br)ccc32)c(Br)c1. The highest BCUT2D eigenvalue weighted by Gasteiger charge is 2.10. The van der Waals surface area contributed by atoms with Crippen molar-refractivity contribution < 1.29 is 4.92 Å². The number of nitrogens with zero attached hydrogens (tertiary/aromatic N) is 2. The van der Waals surface area contributed by atoms with Crippen molar-refractivity contribution in [2.75, 3.05) is 0 Å². The highest BCUT2D eigenvalue weighted by atomic mass is 79.9. The highest BCUT2D eigenvalue weighted by molar-refractivity contribution is 9.10. The normalized spacial score (nSPS) is 11.0. The molecule has 0 saturated carbocycles. The van der Waals surface area contributed by atoms with Gasteiger partial charge in [-0.3, -0.25) is 10.1 Å². The van der Waals surface area contributed by atoms with Gasteiger partial charge >= 0.3 is 0 Å². The first-order valence-corrected chi connectivity index (χ1v) is 7.80. The van der Waals surface area contributed by atoms with Crippen LogP contribution in [0, 0.1) is 10.1 Å². The average molecular weight is 410 g/mol. The summed E-state index contributed by atoms with van der Waals surface area (Å²) in [5.74, 6) is 0. The Kier molecular flexibility index (Phi) is 3.82. The van der Waals surface area contributed by atoms with Crippen LogP contribution in [0.1, 0.15) is 5.56 Å². The first kappa shape index (κ1) is 14.3. The predicted molar refractivity (Wildman–Crippen MR) is 89.5 cm³/mol. The van der Waals surface area contributed by atoms with Crippen molar-refractivity contribution in [1.29, 1.82) is 0 Å². The van der Waals surface area contributed by atoms with E-state index in [0.29, 0.717) is 6.54 Å². The van der Waals surface area contributed by atoms with Crippen molar-refractivity contribution in [1.82, 2.24) is 4.57 Å². The highest BCUT2D eigenvalue weighted by Crippen LogP contribution is 2.26. The number of rotatable bonds is 3. The van der Waals surface area contributed by atoms with Gasteiger partial charge in [0.25, 0.3) is 5.69 Å². The fraction of sp³-hybridized carbons (Fsp3) is 0.0667. The fourth-order valence-electron chi connectivity index (χ4n) is 2.27. The Labute approximate surface area is 137 Å². The zero-order chi connectivity index (χ0) is 15.0. The Morgan fingerprint density at radius 3 is 2.62 bits per heavy atom. The van der Waals surface area contributed by atoms with Crippen LogP contribution in [0.2, 0.25) is 0 Å². The smallest absolute Gasteiger partial charge is 0.270 e. The molecule has 6 heteroatoms. The second kappa shape index (κ2) is 5.61. The summed E-state index contributed by atoms with van der Waals surface area (Å²) < 4.78 is 3.91. The topological polar surface area (TPSA) is 48.1 Å². The number of nitro benzene ring substituents is 1. The van der Waals surface area contributed by atoms with Crippen molar-refractivity contribution in [2.24, 2.45) is 0 Å². The predicted octanol–water partition coefficient (Wildman–Crippen LogP) is 5.12. The maximum atomic E-state index is 10.8. The van der Waals surface area contributed by atoms with E-state index in [1.165, 1.54) is 12.1 Å². The van der Waals surface area contributed by atoms with E-state index in [1.807, 2.05) is 12.3 Å². The molecule has 4 nitrogen and oxygen atoms in total. The van der Waals surface area contributed by atoms with E-state index in [9.17, 15) is 10.1 Å². The third-order valence-electron chi connectivity index (χ3n) is 3.32. The van der Waals surface area contributed by atoms with Gasteiger partial charge in [0, 0.05) is 44.7 Å². The summed E-state index contributed by atoms with van der Waals surface area (Å²) in [4.78, 5) is 10.4. The molecule has 0 spiro atoms. The second-order valence-electron chi connectivity index (χ2n) is 4.68. The summed E-state index contributed by atoms with van der Waals surface area (Å²) in [6.45, 7) is 0.656. The van der Waals surface area contributed by atoms with Gasteiger partial charge in [-0.1, -0.05) is 31.9 Å². The average Bonchev–Trinajstić information content (AvgIpc) is 2.83. The van der Waals surface area contributed by atoms with E-state index >= 15 is 0 Å². The Balaban J connectivity index is 1.97. The molecular weight excluding hydrogens is 400 g/mol. The number of nitro groups is 1. The standard InChI is InChI=1S/C15H10Br2N2O2/c16-12-2-4-15-10(7-12)5-6-18(15)9-11-1-3-13(19(20)21)8-14(11)17/h1-8H,9H2. The molecular formula is C15H10Br2N2O2. The lowest BCUT2D eigenvalue weighted by Crippen LogP contribution is -1.99. The van der Waals surface area contributed by atoms with Gasteiger partial charge in [-0.2, -0.15) is 0 Å². The minimum Gasteiger partial charge on any atom is -0.343 e. The van der Waals surface area contributed by atoms with Gasteiger partial charge in [-0.25, -0.2) is 0 Å². The van der Waals surface area contributed by atoms with Crippen LogP contribution in [0.25, 0.3) is 10.9 Å². The Bertz CT molecular complexity index is 843. The van der Waals surface area contributed by atoms with E-state index in [-0.39, 0.29) is 5.69 Å². The molecule has 2 aromatic carbocycles. The van der Waals surface area contributed by atoms with Gasteiger partial charge in [-0.05, 0) is 35.9 Å². The Morgan fingerprint density at radius 2 is 1.90 bits per heavy atom. The third-order valence-corrected chi connectivity index (χ3v) is 4.55. The molecule has 106 valence electrons. The largest absolute Gasteiger partial charge is 0.343 e. The van der Waals surface area contributed by atoms with Crippen molar-refractivity contribution in [3.8, 4) is 0 Å². The van der Waals surface area contributed by atoms with Crippen molar-refractivity contribution >= 4 is 48.5 Å². The molecule has 0 radical (unpaired) electrons. The molecule has 3 aromatic rings. The van der Waals surface area contributed by atoms with Crippen LogP contribution in [0.4, 0.5) is 5.69 Å². The summed E-state index contributed by atoms with van der Waals surface area (Å²) in [7, 11) is 0. The molecule has 0 N–H and O–H groups in total. The lowest BCUT2D eigenvalue weighted by molar-refractivity contribution is -0.384. The molecule has 0 aliphatic heterocycles. The van der Waals surface area contributed by atoms with Gasteiger partial charge < -0.3 is 4.57 Å². The van der Waals surface area contributed by atoms with E-state index in [1.54, 1.807) is 6.07 Å². The number of fused-ring (bicyclic) bond motifs is 1. The van der Waals surface area contributed by atoms with Crippen LogP contribution >= 0.6 is 31.9 Å². The van der Waals surface area contributed by atoms with E-state index < -0.39 is 4.92 Å². The quantitative estimate of drug-likeness (QED) is 0.445. The van der Waals surface area contributed by atoms with Gasteiger partial charge in [0.05, 0.1) is 4.92 Å². The van der Waals surface area contributed by atoms with Gasteiger partial charge in [0.2, 0.25) is 0 Å². The molecule has 0 bridgehead atoms. The second-order valence-corrected chi connectivity index (χ2v) is 6.45. The summed E-state index contributed by atoms with van der Waals surface area (Å²) in [6, 6.07) is 13.0. The van der Waals surface area contributed by atoms with E-state index in [2.05, 4.69) is 54.6 Å². The van der Waals surface area contributed by atoms with Crippen molar-refractivity contribution in [2.45, 2.75) is 6.54 Å². The van der Waals surface area contributed by atoms with Gasteiger partial charge in [0.1, 0.15) is 0 Å². The summed E-state index contributed by atoms with van der Waals surface area (Å²) in [5.41, 5.74) is 2.22. The van der Waals surface area contributed by atoms with Crippen LogP contribution < -0.4 is 0 Å². The third kappa shape index (κ3) is 2.87. The minimum absolute atomic E-state index is 0.0897. The van der Waals surface area contributed by atoms with Crippen LogP contribution in [-0.2, 0) is 6.54 Å². The van der Waals surface area contributed by atoms with Gasteiger partial charge in [-0.15, -0.1) is 0 Å². The monoisotopic (exact) mass is 408 g/mol. The van der Waals surface area contributed by atoms with Crippen LogP contribution in [-0.4, -0.2) is 9.49 Å². The van der Waals surface area contributed by atoms with E-state index in [0.717, 1.165) is 25.4 Å².